The normalized spacial score (nSPS) is 44.3. The molecule has 13 heavy (non-hydrogen) atoms. The third kappa shape index (κ3) is 1.02. The highest BCUT2D eigenvalue weighted by molar-refractivity contribution is 5.76. The summed E-state index contributed by atoms with van der Waals surface area (Å²) in [5, 5.41) is 1.99. The van der Waals surface area contributed by atoms with Crippen LogP contribution in [0.25, 0.3) is 0 Å². The third-order valence-corrected chi connectivity index (χ3v) is 3.31. The van der Waals surface area contributed by atoms with Crippen molar-refractivity contribution in [2.45, 2.75) is 31.4 Å². The van der Waals surface area contributed by atoms with Crippen LogP contribution in [0.15, 0.2) is 0 Å². The Bertz CT molecular complexity index is 243. The fraction of sp³-hybridized carbons (Fsp3) is 0.889. The van der Waals surface area contributed by atoms with E-state index >= 15 is 0 Å². The minimum absolute atomic E-state index is 0.161. The third-order valence-electron chi connectivity index (χ3n) is 3.31. The molecule has 0 radical (unpaired) electrons. The van der Waals surface area contributed by atoms with Gasteiger partial charge in [-0.1, -0.05) is 0 Å². The number of carbonyl (C=O) groups is 1. The van der Waals surface area contributed by atoms with Crippen LogP contribution in [0.2, 0.25) is 0 Å². The van der Waals surface area contributed by atoms with E-state index in [1.807, 2.05) is 5.06 Å². The van der Waals surface area contributed by atoms with Crippen LogP contribution in [0.1, 0.15) is 19.3 Å². The first-order valence-corrected chi connectivity index (χ1v) is 4.96. The van der Waals surface area contributed by atoms with E-state index in [4.69, 9.17) is 9.57 Å². The molecule has 3 saturated heterocycles. The number of carbonyl (C=O) groups excluding carboxylic acids is 1. The number of esters is 1. The van der Waals surface area contributed by atoms with Crippen molar-refractivity contribution in [1.82, 2.24) is 5.06 Å². The van der Waals surface area contributed by atoms with E-state index in [0.29, 0.717) is 18.6 Å². The van der Waals surface area contributed by atoms with Crippen LogP contribution in [0.5, 0.6) is 0 Å². The Morgan fingerprint density at radius 3 is 3.23 bits per heavy atom. The van der Waals surface area contributed by atoms with Crippen molar-refractivity contribution in [3.8, 4) is 0 Å². The number of hydrogen-bond donors (Lipinski definition) is 0. The number of ether oxygens (including phenoxy) is 1. The van der Waals surface area contributed by atoms with Gasteiger partial charge in [0.25, 0.3) is 0 Å². The molecule has 0 spiro atoms. The van der Waals surface area contributed by atoms with E-state index in [0.717, 1.165) is 13.0 Å². The van der Waals surface area contributed by atoms with Gasteiger partial charge in [-0.2, -0.15) is 5.06 Å². The Morgan fingerprint density at radius 1 is 1.38 bits per heavy atom. The van der Waals surface area contributed by atoms with Gasteiger partial charge >= 0.3 is 5.97 Å². The van der Waals surface area contributed by atoms with Crippen LogP contribution in [-0.4, -0.2) is 36.3 Å². The Hall–Kier alpha value is -0.610. The van der Waals surface area contributed by atoms with Gasteiger partial charge in [0.05, 0.1) is 6.61 Å². The average molecular weight is 183 g/mol. The summed E-state index contributed by atoms with van der Waals surface area (Å²) < 4.78 is 4.97. The van der Waals surface area contributed by atoms with Crippen LogP contribution in [-0.2, 0) is 14.4 Å². The van der Waals surface area contributed by atoms with Gasteiger partial charge in [0, 0.05) is 18.5 Å². The zero-order valence-corrected chi connectivity index (χ0v) is 7.44. The second kappa shape index (κ2) is 2.69. The molecule has 3 fully saturated rings. The monoisotopic (exact) mass is 183 g/mol. The number of hydrogen-bond acceptors (Lipinski definition) is 4. The molecule has 3 aliphatic heterocycles. The lowest BCUT2D eigenvalue weighted by molar-refractivity contribution is -0.189. The van der Waals surface area contributed by atoms with Gasteiger partial charge < -0.3 is 4.74 Å². The Labute approximate surface area is 76.7 Å². The lowest BCUT2D eigenvalue weighted by atomic mass is 9.89. The predicted molar refractivity (Wildman–Crippen MR) is 43.7 cm³/mol. The Balaban J connectivity index is 1.85. The first-order valence-electron chi connectivity index (χ1n) is 4.96. The van der Waals surface area contributed by atoms with Gasteiger partial charge in [0.15, 0.2) is 6.10 Å². The predicted octanol–water partition coefficient (Wildman–Crippen LogP) is 0.328. The van der Waals surface area contributed by atoms with Crippen molar-refractivity contribution in [2.75, 3.05) is 13.2 Å². The minimum atomic E-state index is -0.293. The van der Waals surface area contributed by atoms with Gasteiger partial charge in [-0.25, -0.2) is 4.79 Å². The summed E-state index contributed by atoms with van der Waals surface area (Å²) in [4.78, 5) is 16.9. The second-order valence-electron chi connectivity index (χ2n) is 4.00. The molecule has 3 aliphatic rings. The summed E-state index contributed by atoms with van der Waals surface area (Å²) in [6, 6.07) is 0.484. The largest absolute Gasteiger partial charge is 0.464 e. The van der Waals surface area contributed by atoms with E-state index < -0.39 is 0 Å². The minimum Gasteiger partial charge on any atom is -0.464 e. The molecule has 0 N–H and O–H groups in total. The van der Waals surface area contributed by atoms with Crippen molar-refractivity contribution in [1.29, 1.82) is 0 Å². The molecule has 0 amide bonds. The summed E-state index contributed by atoms with van der Waals surface area (Å²) in [7, 11) is 0. The second-order valence-corrected chi connectivity index (χ2v) is 4.00. The van der Waals surface area contributed by atoms with Crippen LogP contribution in [0, 0.1) is 5.92 Å². The summed E-state index contributed by atoms with van der Waals surface area (Å²) in [5.74, 6) is 0.231. The van der Waals surface area contributed by atoms with Crippen molar-refractivity contribution >= 4 is 5.97 Å². The molecule has 0 aromatic carbocycles. The van der Waals surface area contributed by atoms with E-state index in [1.165, 1.54) is 12.8 Å². The summed E-state index contributed by atoms with van der Waals surface area (Å²) in [5.41, 5.74) is 0. The Morgan fingerprint density at radius 2 is 2.31 bits per heavy atom. The Kier molecular flexibility index (Phi) is 1.60. The maximum atomic E-state index is 11.3. The van der Waals surface area contributed by atoms with Crippen LogP contribution < -0.4 is 0 Å². The van der Waals surface area contributed by atoms with Crippen molar-refractivity contribution < 1.29 is 14.4 Å². The van der Waals surface area contributed by atoms with E-state index in [9.17, 15) is 4.79 Å². The quantitative estimate of drug-likeness (QED) is 0.507. The van der Waals surface area contributed by atoms with Gasteiger partial charge in [-0.15, -0.1) is 0 Å². The standard InChI is InChI=1S/C9H13NO3/c11-9-8-6(3-5-12-9)7-2-1-4-10(7)13-8/h6-8H,1-5H2/t6-,7+,8+/m1/s1. The molecule has 0 aromatic heterocycles. The summed E-state index contributed by atoms with van der Waals surface area (Å²) >= 11 is 0. The van der Waals surface area contributed by atoms with Crippen molar-refractivity contribution in [2.24, 2.45) is 5.92 Å². The SMILES string of the molecule is O=C1OCC[C@H]2[C@@H]1ON1CCC[C@@H]21. The average Bonchev–Trinajstić information content (AvgIpc) is 2.65. The number of fused-ring (bicyclic) bond motifs is 3. The molecular weight excluding hydrogens is 170 g/mol. The van der Waals surface area contributed by atoms with E-state index in [2.05, 4.69) is 0 Å². The van der Waals surface area contributed by atoms with Gasteiger partial charge in [-0.3, -0.25) is 4.84 Å². The van der Waals surface area contributed by atoms with Gasteiger partial charge in [-0.05, 0) is 19.3 Å². The topological polar surface area (TPSA) is 38.8 Å². The lowest BCUT2D eigenvalue weighted by Crippen LogP contribution is -2.37. The number of hydroxylamine groups is 2. The first-order chi connectivity index (χ1) is 6.36. The maximum Gasteiger partial charge on any atom is 0.337 e. The van der Waals surface area contributed by atoms with Gasteiger partial charge in [0.1, 0.15) is 0 Å². The highest BCUT2D eigenvalue weighted by Gasteiger charge is 2.50. The molecule has 4 nitrogen and oxygen atoms in total. The molecule has 4 heteroatoms. The highest BCUT2D eigenvalue weighted by atomic mass is 16.7. The number of rotatable bonds is 0. The molecule has 72 valence electrons. The number of cyclic esters (lactones) is 1. The molecule has 3 rings (SSSR count). The molecule has 0 aliphatic carbocycles. The van der Waals surface area contributed by atoms with Crippen molar-refractivity contribution in [3.05, 3.63) is 0 Å². The summed E-state index contributed by atoms with van der Waals surface area (Å²) in [6.07, 6.45) is 3.05. The molecule has 3 atom stereocenters. The molecule has 0 saturated carbocycles. The van der Waals surface area contributed by atoms with Crippen LogP contribution >= 0.6 is 0 Å². The van der Waals surface area contributed by atoms with Crippen LogP contribution in [0.3, 0.4) is 0 Å². The molecule has 0 aromatic rings. The van der Waals surface area contributed by atoms with E-state index in [1.54, 1.807) is 0 Å². The van der Waals surface area contributed by atoms with Crippen LogP contribution in [0.4, 0.5) is 0 Å². The summed E-state index contributed by atoms with van der Waals surface area (Å²) in [6.45, 7) is 1.55. The fourth-order valence-corrected chi connectivity index (χ4v) is 2.69. The van der Waals surface area contributed by atoms with Crippen molar-refractivity contribution in [3.63, 3.8) is 0 Å². The fourth-order valence-electron chi connectivity index (χ4n) is 2.69. The lowest BCUT2D eigenvalue weighted by Gasteiger charge is -2.23. The maximum absolute atomic E-state index is 11.3. The van der Waals surface area contributed by atoms with Gasteiger partial charge in [0.2, 0.25) is 0 Å². The molecule has 3 heterocycles. The first kappa shape index (κ1) is 7.76. The number of nitrogens with zero attached hydrogens (tertiary/aromatic N) is 1. The highest BCUT2D eigenvalue weighted by Crippen LogP contribution is 2.39. The van der Waals surface area contributed by atoms with E-state index in [-0.39, 0.29) is 12.1 Å². The zero-order chi connectivity index (χ0) is 8.84. The molecule has 0 bridgehead atoms. The smallest absolute Gasteiger partial charge is 0.337 e. The molecule has 0 unspecified atom stereocenters. The zero-order valence-electron chi connectivity index (χ0n) is 7.44. The molecular formula is C9H13NO3.